The van der Waals surface area contributed by atoms with E-state index in [-0.39, 0.29) is 11.8 Å². The summed E-state index contributed by atoms with van der Waals surface area (Å²) in [5.41, 5.74) is 4.37. The first-order valence-corrected chi connectivity index (χ1v) is 5.81. The number of para-hydroxylation sites is 1. The molecule has 0 aliphatic carbocycles. The van der Waals surface area contributed by atoms with Gasteiger partial charge in [-0.15, -0.1) is 0 Å². The first-order valence-electron chi connectivity index (χ1n) is 5.81. The Hall–Kier alpha value is -1.90. The summed E-state index contributed by atoms with van der Waals surface area (Å²) in [6.45, 7) is 3.57. The van der Waals surface area contributed by atoms with E-state index >= 15 is 0 Å². The second kappa shape index (κ2) is 3.55. The number of carbonyl (C=O) groups excluding carboxylic acids is 1. The van der Waals surface area contributed by atoms with Crippen LogP contribution in [0.3, 0.4) is 0 Å². The summed E-state index contributed by atoms with van der Waals surface area (Å²) in [7, 11) is 0. The van der Waals surface area contributed by atoms with E-state index in [2.05, 4.69) is 22.1 Å². The third kappa shape index (κ3) is 1.50. The highest BCUT2D eigenvalue weighted by atomic mass is 16.1. The minimum Gasteiger partial charge on any atom is -0.353 e. The maximum Gasteiger partial charge on any atom is 0.154 e. The second-order valence-corrected chi connectivity index (χ2v) is 4.57. The van der Waals surface area contributed by atoms with Gasteiger partial charge in [-0.3, -0.25) is 9.79 Å². The number of hydrogen-bond donors (Lipinski definition) is 1. The van der Waals surface area contributed by atoms with Crippen LogP contribution in [0, 0.1) is 0 Å². The van der Waals surface area contributed by atoms with Crippen LogP contribution in [0.2, 0.25) is 0 Å². The van der Waals surface area contributed by atoms with Gasteiger partial charge in [-0.2, -0.15) is 0 Å². The molecule has 0 amide bonds. The number of fused-ring (bicyclic) bond motifs is 3. The summed E-state index contributed by atoms with van der Waals surface area (Å²) in [6.07, 6.45) is 0.714. The Morgan fingerprint density at radius 3 is 2.94 bits per heavy atom. The molecule has 0 bridgehead atoms. The number of nitrogens with one attached hydrogen (secondary N) is 1. The molecule has 1 unspecified atom stereocenters. The number of hydrogen-bond acceptors (Lipinski definition) is 2. The number of rotatable bonds is 1. The van der Waals surface area contributed by atoms with Crippen molar-refractivity contribution in [1.82, 2.24) is 4.98 Å². The van der Waals surface area contributed by atoms with Crippen LogP contribution in [0.4, 0.5) is 0 Å². The molecule has 0 radical (unpaired) electrons. The van der Waals surface area contributed by atoms with E-state index in [9.17, 15) is 4.79 Å². The Morgan fingerprint density at radius 2 is 2.18 bits per heavy atom. The summed E-state index contributed by atoms with van der Waals surface area (Å²) >= 11 is 0. The fraction of sp³-hybridized carbons (Fsp3) is 0.286. The van der Waals surface area contributed by atoms with Crippen LogP contribution in [0.1, 0.15) is 25.1 Å². The van der Waals surface area contributed by atoms with Gasteiger partial charge in [0.25, 0.3) is 0 Å². The first-order chi connectivity index (χ1) is 8.16. The smallest absolute Gasteiger partial charge is 0.154 e. The Kier molecular flexibility index (Phi) is 2.15. The number of aliphatic imine (C=N–C) groups is 1. The van der Waals surface area contributed by atoms with Gasteiger partial charge in [-0.05, 0) is 25.5 Å². The van der Waals surface area contributed by atoms with Gasteiger partial charge in [0, 0.05) is 17.3 Å². The zero-order valence-electron chi connectivity index (χ0n) is 9.95. The molecule has 1 aromatic heterocycles. The van der Waals surface area contributed by atoms with E-state index in [0.29, 0.717) is 6.42 Å². The molecule has 17 heavy (non-hydrogen) atoms. The van der Waals surface area contributed by atoms with Gasteiger partial charge in [0.05, 0.1) is 11.4 Å². The SMILES string of the molecule is CC(=O)C1Cc2c([nH]c3ccccc23)C(C)=N1. The minimum atomic E-state index is -0.207. The number of aromatic nitrogens is 1. The molecule has 3 nitrogen and oxygen atoms in total. The monoisotopic (exact) mass is 226 g/mol. The predicted molar refractivity (Wildman–Crippen MR) is 68.7 cm³/mol. The zero-order valence-corrected chi connectivity index (χ0v) is 9.95. The average molecular weight is 226 g/mol. The highest BCUT2D eigenvalue weighted by Gasteiger charge is 2.25. The largest absolute Gasteiger partial charge is 0.353 e. The molecular weight excluding hydrogens is 212 g/mol. The second-order valence-electron chi connectivity index (χ2n) is 4.57. The van der Waals surface area contributed by atoms with Gasteiger partial charge in [0.1, 0.15) is 6.04 Å². The van der Waals surface area contributed by atoms with Crippen molar-refractivity contribution in [2.45, 2.75) is 26.3 Å². The topological polar surface area (TPSA) is 45.2 Å². The van der Waals surface area contributed by atoms with Crippen molar-refractivity contribution in [3.05, 3.63) is 35.5 Å². The maximum atomic E-state index is 11.5. The van der Waals surface area contributed by atoms with Crippen molar-refractivity contribution in [3.63, 3.8) is 0 Å². The average Bonchev–Trinajstić information content (AvgIpc) is 2.68. The lowest BCUT2D eigenvalue weighted by atomic mass is 9.96. The summed E-state index contributed by atoms with van der Waals surface area (Å²) in [6, 6.07) is 7.99. The van der Waals surface area contributed by atoms with Gasteiger partial charge in [0.2, 0.25) is 0 Å². The standard InChI is InChI=1S/C14H14N2O/c1-8-14-11(7-13(15-8)9(2)17)10-5-3-4-6-12(10)16-14/h3-6,13,16H,7H2,1-2H3. The van der Waals surface area contributed by atoms with Crippen LogP contribution in [-0.4, -0.2) is 22.5 Å². The molecule has 0 saturated heterocycles. The van der Waals surface area contributed by atoms with Crippen molar-refractivity contribution in [3.8, 4) is 0 Å². The number of aromatic amines is 1. The van der Waals surface area contributed by atoms with Gasteiger partial charge in [-0.25, -0.2) is 0 Å². The van der Waals surface area contributed by atoms with Crippen LogP contribution in [-0.2, 0) is 11.2 Å². The van der Waals surface area contributed by atoms with Gasteiger partial charge >= 0.3 is 0 Å². The van der Waals surface area contributed by atoms with E-state index in [1.165, 1.54) is 10.9 Å². The predicted octanol–water partition coefficient (Wildman–Crippen LogP) is 2.49. The van der Waals surface area contributed by atoms with E-state index in [0.717, 1.165) is 16.9 Å². The molecule has 0 saturated carbocycles. The third-order valence-corrected chi connectivity index (χ3v) is 3.39. The Labute approximate surface area is 99.6 Å². The summed E-state index contributed by atoms with van der Waals surface area (Å²) in [4.78, 5) is 19.3. The van der Waals surface area contributed by atoms with Crippen molar-refractivity contribution in [2.24, 2.45) is 4.99 Å². The number of benzene rings is 1. The highest BCUT2D eigenvalue weighted by Crippen LogP contribution is 2.28. The molecule has 1 aliphatic heterocycles. The van der Waals surface area contributed by atoms with E-state index in [1.807, 2.05) is 19.1 Å². The molecule has 1 aliphatic rings. The molecule has 3 heteroatoms. The molecule has 2 aromatic rings. The maximum absolute atomic E-state index is 11.5. The van der Waals surface area contributed by atoms with Crippen molar-refractivity contribution < 1.29 is 4.79 Å². The Bertz CT molecular complexity index is 637. The number of carbonyl (C=O) groups is 1. The van der Waals surface area contributed by atoms with Crippen LogP contribution in [0.25, 0.3) is 10.9 Å². The Morgan fingerprint density at radius 1 is 1.41 bits per heavy atom. The summed E-state index contributed by atoms with van der Waals surface area (Å²) in [5.74, 6) is 0.139. The molecule has 1 aromatic carbocycles. The van der Waals surface area contributed by atoms with Crippen molar-refractivity contribution in [2.75, 3.05) is 0 Å². The number of Topliss-reactive ketones (excluding diaryl/α,β-unsaturated/α-hetero) is 1. The lowest BCUT2D eigenvalue weighted by Crippen LogP contribution is -2.25. The molecule has 1 atom stereocenters. The van der Waals surface area contributed by atoms with Crippen molar-refractivity contribution in [1.29, 1.82) is 0 Å². The molecule has 2 heterocycles. The lowest BCUT2D eigenvalue weighted by Gasteiger charge is -2.17. The van der Waals surface area contributed by atoms with E-state index in [1.54, 1.807) is 6.92 Å². The third-order valence-electron chi connectivity index (χ3n) is 3.39. The highest BCUT2D eigenvalue weighted by molar-refractivity contribution is 6.06. The molecular formula is C14H14N2O. The van der Waals surface area contributed by atoms with Crippen molar-refractivity contribution >= 4 is 22.4 Å². The molecule has 0 fully saturated rings. The Balaban J connectivity index is 2.23. The summed E-state index contributed by atoms with van der Waals surface area (Å²) in [5, 5.41) is 1.21. The number of H-pyrrole nitrogens is 1. The minimum absolute atomic E-state index is 0.139. The normalized spacial score (nSPS) is 18.9. The zero-order chi connectivity index (χ0) is 12.0. The van der Waals surface area contributed by atoms with Gasteiger partial charge < -0.3 is 4.98 Å². The molecule has 3 rings (SSSR count). The van der Waals surface area contributed by atoms with Crippen LogP contribution < -0.4 is 0 Å². The summed E-state index contributed by atoms with van der Waals surface area (Å²) < 4.78 is 0. The van der Waals surface area contributed by atoms with Crippen LogP contribution >= 0.6 is 0 Å². The van der Waals surface area contributed by atoms with Crippen LogP contribution in [0.5, 0.6) is 0 Å². The fourth-order valence-electron chi connectivity index (χ4n) is 2.49. The molecule has 0 spiro atoms. The van der Waals surface area contributed by atoms with E-state index < -0.39 is 0 Å². The van der Waals surface area contributed by atoms with Gasteiger partial charge in [0.15, 0.2) is 5.78 Å². The molecule has 1 N–H and O–H groups in total. The number of nitrogens with zero attached hydrogens (tertiary/aromatic N) is 1. The number of ketones is 1. The first kappa shape index (κ1) is 10.3. The van der Waals surface area contributed by atoms with Gasteiger partial charge in [-0.1, -0.05) is 18.2 Å². The lowest BCUT2D eigenvalue weighted by molar-refractivity contribution is -0.118. The quantitative estimate of drug-likeness (QED) is 0.797. The van der Waals surface area contributed by atoms with Crippen LogP contribution in [0.15, 0.2) is 29.3 Å². The van der Waals surface area contributed by atoms with E-state index in [4.69, 9.17) is 0 Å². The fourth-order valence-corrected chi connectivity index (χ4v) is 2.49. The molecule has 86 valence electrons.